The first-order valence-corrected chi connectivity index (χ1v) is 5.30. The Balaban J connectivity index is 3.74. The highest BCUT2D eigenvalue weighted by Gasteiger charge is 2.03. The summed E-state index contributed by atoms with van der Waals surface area (Å²) in [5.41, 5.74) is 4.88. The van der Waals surface area contributed by atoms with Crippen molar-refractivity contribution >= 4 is 11.8 Å². The van der Waals surface area contributed by atoms with Gasteiger partial charge in [-0.1, -0.05) is 26.2 Å². The van der Waals surface area contributed by atoms with Crippen molar-refractivity contribution in [1.82, 2.24) is 4.90 Å². The highest BCUT2D eigenvalue weighted by atomic mass is 16.2. The summed E-state index contributed by atoms with van der Waals surface area (Å²) in [6.07, 6.45) is 6.81. The van der Waals surface area contributed by atoms with Gasteiger partial charge in [0.05, 0.1) is 0 Å². The largest absolute Gasteiger partial charge is 0.366 e. The zero-order valence-electron chi connectivity index (χ0n) is 9.53. The minimum Gasteiger partial charge on any atom is -0.366 e. The van der Waals surface area contributed by atoms with E-state index in [1.165, 1.54) is 18.9 Å². The van der Waals surface area contributed by atoms with Gasteiger partial charge in [-0.2, -0.15) is 0 Å². The van der Waals surface area contributed by atoms with Crippen LogP contribution >= 0.6 is 0 Å². The number of nitrogens with zero attached hydrogens (tertiary/aromatic N) is 1. The van der Waals surface area contributed by atoms with E-state index in [9.17, 15) is 9.59 Å². The molecule has 0 aliphatic carbocycles. The molecular weight excluding hydrogens is 192 g/mol. The molecule has 0 aromatic rings. The van der Waals surface area contributed by atoms with Crippen molar-refractivity contribution in [2.24, 2.45) is 5.73 Å². The predicted octanol–water partition coefficient (Wildman–Crippen LogP) is 1.07. The molecule has 0 aliphatic rings. The number of carbonyl (C=O) groups excluding carboxylic acids is 2. The first kappa shape index (κ1) is 13.7. The molecule has 2 N–H and O–H groups in total. The van der Waals surface area contributed by atoms with Crippen LogP contribution < -0.4 is 5.73 Å². The zero-order valence-corrected chi connectivity index (χ0v) is 9.53. The molecule has 15 heavy (non-hydrogen) atoms. The van der Waals surface area contributed by atoms with Crippen LogP contribution in [0.4, 0.5) is 0 Å². The van der Waals surface area contributed by atoms with E-state index < -0.39 is 5.91 Å². The lowest BCUT2D eigenvalue weighted by Gasteiger charge is -2.14. The van der Waals surface area contributed by atoms with Crippen LogP contribution in [0, 0.1) is 0 Å². The van der Waals surface area contributed by atoms with Crippen molar-refractivity contribution in [1.29, 1.82) is 0 Å². The molecule has 0 unspecified atom stereocenters. The maximum absolute atomic E-state index is 11.3. The van der Waals surface area contributed by atoms with Crippen LogP contribution in [0.3, 0.4) is 0 Å². The number of likely N-dealkylation sites (N-methyl/N-ethyl adjacent to an activating group) is 1. The molecule has 0 aromatic heterocycles. The lowest BCUT2D eigenvalue weighted by Crippen LogP contribution is -2.26. The number of nitrogens with two attached hydrogens (primary N) is 1. The van der Waals surface area contributed by atoms with Gasteiger partial charge in [0.1, 0.15) is 0 Å². The molecule has 0 atom stereocenters. The molecule has 0 radical (unpaired) electrons. The smallest absolute Gasteiger partial charge is 0.246 e. The van der Waals surface area contributed by atoms with E-state index in [-0.39, 0.29) is 5.91 Å². The highest BCUT2D eigenvalue weighted by Crippen LogP contribution is 2.00. The molecule has 0 fully saturated rings. The molecule has 0 aliphatic heterocycles. The Kier molecular flexibility index (Phi) is 7.32. The molecule has 86 valence electrons. The third-order valence-corrected chi connectivity index (χ3v) is 2.11. The monoisotopic (exact) mass is 212 g/mol. The normalized spacial score (nSPS) is 10.5. The van der Waals surface area contributed by atoms with E-state index in [0.29, 0.717) is 0 Å². The molecular formula is C11H20N2O2. The standard InChI is InChI=1S/C11H20N2O2/c1-3-4-5-6-9-13(2)11(15)8-7-10(12)14/h7-8H,3-6,9H2,1-2H3,(H2,12,14)/b8-7-. The summed E-state index contributed by atoms with van der Waals surface area (Å²) in [4.78, 5) is 23.3. The minimum absolute atomic E-state index is 0.176. The van der Waals surface area contributed by atoms with Gasteiger partial charge >= 0.3 is 0 Å². The van der Waals surface area contributed by atoms with E-state index in [4.69, 9.17) is 5.73 Å². The van der Waals surface area contributed by atoms with Crippen molar-refractivity contribution in [2.45, 2.75) is 32.6 Å². The lowest BCUT2D eigenvalue weighted by molar-refractivity contribution is -0.125. The van der Waals surface area contributed by atoms with Gasteiger partial charge < -0.3 is 10.6 Å². The molecule has 2 amide bonds. The Morgan fingerprint density at radius 2 is 1.87 bits per heavy atom. The van der Waals surface area contributed by atoms with Gasteiger partial charge in [-0.05, 0) is 6.42 Å². The van der Waals surface area contributed by atoms with Crippen LogP contribution in [0.5, 0.6) is 0 Å². The van der Waals surface area contributed by atoms with Gasteiger partial charge in [0.15, 0.2) is 0 Å². The number of unbranched alkanes of at least 4 members (excludes halogenated alkanes) is 3. The van der Waals surface area contributed by atoms with Crippen LogP contribution in [-0.4, -0.2) is 30.3 Å². The van der Waals surface area contributed by atoms with Crippen molar-refractivity contribution in [3.05, 3.63) is 12.2 Å². The number of hydrogen-bond donors (Lipinski definition) is 1. The minimum atomic E-state index is -0.595. The van der Waals surface area contributed by atoms with Gasteiger partial charge in [-0.3, -0.25) is 9.59 Å². The highest BCUT2D eigenvalue weighted by molar-refractivity contribution is 5.95. The van der Waals surface area contributed by atoms with Crippen LogP contribution in [0.2, 0.25) is 0 Å². The summed E-state index contributed by atoms with van der Waals surface area (Å²) in [5.74, 6) is -0.770. The second kappa shape index (κ2) is 8.03. The fraction of sp³-hybridized carbons (Fsp3) is 0.636. The molecule has 0 saturated carbocycles. The van der Waals surface area contributed by atoms with Gasteiger partial charge in [-0.15, -0.1) is 0 Å². The molecule has 0 saturated heterocycles. The maximum Gasteiger partial charge on any atom is 0.246 e. The number of amides is 2. The molecule has 4 heteroatoms. The predicted molar refractivity (Wildman–Crippen MR) is 60.1 cm³/mol. The van der Waals surface area contributed by atoms with E-state index in [2.05, 4.69) is 6.92 Å². The summed E-state index contributed by atoms with van der Waals surface area (Å²) in [7, 11) is 1.72. The molecule has 0 heterocycles. The second-order valence-electron chi connectivity index (χ2n) is 3.56. The fourth-order valence-corrected chi connectivity index (χ4v) is 1.17. The van der Waals surface area contributed by atoms with E-state index in [0.717, 1.165) is 25.5 Å². The summed E-state index contributed by atoms with van der Waals surface area (Å²) >= 11 is 0. The average Bonchev–Trinajstić information content (AvgIpc) is 2.20. The third kappa shape index (κ3) is 7.73. The Morgan fingerprint density at radius 3 is 2.40 bits per heavy atom. The number of rotatable bonds is 7. The second-order valence-corrected chi connectivity index (χ2v) is 3.56. The number of carbonyl (C=O) groups is 2. The fourth-order valence-electron chi connectivity index (χ4n) is 1.17. The Hall–Kier alpha value is -1.32. The topological polar surface area (TPSA) is 63.4 Å². The quantitative estimate of drug-likeness (QED) is 0.506. The van der Waals surface area contributed by atoms with Crippen LogP contribution in [0.15, 0.2) is 12.2 Å². The van der Waals surface area contributed by atoms with E-state index in [1.807, 2.05) is 0 Å². The number of hydrogen-bond acceptors (Lipinski definition) is 2. The lowest BCUT2D eigenvalue weighted by atomic mass is 10.2. The van der Waals surface area contributed by atoms with Gasteiger partial charge in [0.25, 0.3) is 0 Å². The average molecular weight is 212 g/mol. The number of primary amides is 1. The zero-order chi connectivity index (χ0) is 11.7. The van der Waals surface area contributed by atoms with Gasteiger partial charge in [0.2, 0.25) is 11.8 Å². The van der Waals surface area contributed by atoms with E-state index in [1.54, 1.807) is 11.9 Å². The van der Waals surface area contributed by atoms with E-state index >= 15 is 0 Å². The molecule has 0 aromatic carbocycles. The Bertz CT molecular complexity index is 237. The van der Waals surface area contributed by atoms with Crippen molar-refractivity contribution in [3.8, 4) is 0 Å². The molecule has 0 spiro atoms. The summed E-state index contributed by atoms with van der Waals surface area (Å²) < 4.78 is 0. The van der Waals surface area contributed by atoms with Crippen molar-refractivity contribution in [2.75, 3.05) is 13.6 Å². The molecule has 0 bridgehead atoms. The third-order valence-electron chi connectivity index (χ3n) is 2.11. The van der Waals surface area contributed by atoms with Crippen molar-refractivity contribution in [3.63, 3.8) is 0 Å². The molecule has 0 rings (SSSR count). The Morgan fingerprint density at radius 1 is 1.20 bits per heavy atom. The van der Waals surface area contributed by atoms with Crippen molar-refractivity contribution < 1.29 is 9.59 Å². The first-order valence-electron chi connectivity index (χ1n) is 5.30. The van der Waals surface area contributed by atoms with Gasteiger partial charge in [0, 0.05) is 25.7 Å². The summed E-state index contributed by atoms with van der Waals surface area (Å²) in [6.45, 7) is 2.87. The first-order chi connectivity index (χ1) is 7.07. The summed E-state index contributed by atoms with van der Waals surface area (Å²) in [6, 6.07) is 0. The Labute approximate surface area is 91.1 Å². The molecule has 4 nitrogen and oxygen atoms in total. The van der Waals surface area contributed by atoms with Crippen LogP contribution in [0.1, 0.15) is 32.6 Å². The SMILES string of the molecule is CCCCCCN(C)C(=O)/C=C\C(N)=O. The van der Waals surface area contributed by atoms with Gasteiger partial charge in [-0.25, -0.2) is 0 Å². The summed E-state index contributed by atoms with van der Waals surface area (Å²) in [5, 5.41) is 0. The van der Waals surface area contributed by atoms with Crippen LogP contribution in [-0.2, 0) is 9.59 Å². The van der Waals surface area contributed by atoms with Crippen LogP contribution in [0.25, 0.3) is 0 Å². The maximum atomic E-state index is 11.3.